The van der Waals surface area contributed by atoms with E-state index in [0.29, 0.717) is 0 Å². The van der Waals surface area contributed by atoms with Crippen molar-refractivity contribution in [3.05, 3.63) is 84.4 Å². The largest absolute Gasteiger partial charge is 0.505 e. The highest BCUT2D eigenvalue weighted by molar-refractivity contribution is 6.36. The zero-order chi connectivity index (χ0) is 26.7. The van der Waals surface area contributed by atoms with Gasteiger partial charge in [-0.05, 0) is 66.3 Å². The van der Waals surface area contributed by atoms with Crippen LogP contribution >= 0.6 is 0 Å². The quantitative estimate of drug-likeness (QED) is 0.0975. The van der Waals surface area contributed by atoms with Gasteiger partial charge in [-0.2, -0.15) is 0 Å². The SMILES string of the molecule is C/C=C\CNc1ccc(-c2ccc3c(c2)c2ccccc2n3C)cc1C.[B]c1c(O)c(O)cc(O)c1O. The van der Waals surface area contributed by atoms with Crippen molar-refractivity contribution in [1.29, 1.82) is 0 Å². The fourth-order valence-electron chi connectivity index (χ4n) is 4.33. The molecule has 1 aromatic heterocycles. The third-order valence-corrected chi connectivity index (χ3v) is 6.39. The second-order valence-corrected chi connectivity index (χ2v) is 8.81. The van der Waals surface area contributed by atoms with Crippen LogP contribution in [0.1, 0.15) is 12.5 Å². The van der Waals surface area contributed by atoms with E-state index in [1.807, 2.05) is 6.92 Å². The number of phenolic OH excluding ortho intramolecular Hbond substituents is 4. The highest BCUT2D eigenvalue weighted by Gasteiger charge is 2.11. The Morgan fingerprint density at radius 3 is 2.11 bits per heavy atom. The van der Waals surface area contributed by atoms with Crippen LogP contribution in [0.2, 0.25) is 0 Å². The molecule has 5 rings (SSSR count). The number of rotatable bonds is 4. The fourth-order valence-corrected chi connectivity index (χ4v) is 4.33. The maximum atomic E-state index is 8.87. The summed E-state index contributed by atoms with van der Waals surface area (Å²) in [5, 5.41) is 41.4. The number of anilines is 1. The molecule has 5 N–H and O–H groups in total. The number of hydrogen-bond acceptors (Lipinski definition) is 5. The molecule has 0 atom stereocenters. The van der Waals surface area contributed by atoms with Crippen LogP contribution in [0.3, 0.4) is 0 Å². The number of nitrogens with one attached hydrogen (secondary N) is 1. The average molecular weight is 492 g/mol. The summed E-state index contributed by atoms with van der Waals surface area (Å²) in [6.45, 7) is 5.07. The first-order valence-corrected chi connectivity index (χ1v) is 11.9. The molecule has 0 saturated heterocycles. The van der Waals surface area contributed by atoms with E-state index in [2.05, 4.69) is 96.7 Å². The molecule has 0 fully saturated rings. The average Bonchev–Trinajstić information content (AvgIpc) is 3.19. The Kier molecular flexibility index (Phi) is 7.34. The molecule has 0 amide bonds. The van der Waals surface area contributed by atoms with Gasteiger partial charge >= 0.3 is 0 Å². The Morgan fingerprint density at radius 1 is 0.811 bits per heavy atom. The number of aromatic hydroxyl groups is 4. The van der Waals surface area contributed by atoms with Crippen molar-refractivity contribution in [2.45, 2.75) is 13.8 Å². The molecule has 186 valence electrons. The lowest BCUT2D eigenvalue weighted by atomic mass is 9.93. The van der Waals surface area contributed by atoms with Gasteiger partial charge in [0.25, 0.3) is 0 Å². The molecule has 0 aliphatic carbocycles. The van der Waals surface area contributed by atoms with Gasteiger partial charge < -0.3 is 30.3 Å². The molecule has 5 aromatic rings. The molecule has 0 aliphatic heterocycles. The van der Waals surface area contributed by atoms with Gasteiger partial charge in [0.2, 0.25) is 0 Å². The van der Waals surface area contributed by atoms with Gasteiger partial charge in [0, 0.05) is 47.2 Å². The fraction of sp³-hybridized carbons (Fsp3) is 0.133. The first kappa shape index (κ1) is 25.6. The Balaban J connectivity index is 0.000000245. The van der Waals surface area contributed by atoms with Crippen LogP contribution in [-0.2, 0) is 7.05 Å². The minimum atomic E-state index is -0.639. The number of aromatic nitrogens is 1. The van der Waals surface area contributed by atoms with Gasteiger partial charge in [0.1, 0.15) is 7.85 Å². The summed E-state index contributed by atoms with van der Waals surface area (Å²) in [7, 11) is 7.20. The smallest absolute Gasteiger partial charge is 0.160 e. The number of phenols is 4. The standard InChI is InChI=1S/C24H24N2.C6H5BO4/c1-4-5-14-25-22-12-10-18(15-17(22)2)19-11-13-24-21(16-19)20-8-6-7-9-23(20)26(24)3;7-4-5(10)2(8)1-3(9)6(4)11/h4-13,15-16,25H,14H2,1-3H3;1,8-11H/b5-4-;. The van der Waals surface area contributed by atoms with E-state index in [4.69, 9.17) is 28.3 Å². The van der Waals surface area contributed by atoms with Crippen molar-refractivity contribution >= 4 is 40.8 Å². The van der Waals surface area contributed by atoms with Crippen molar-refractivity contribution in [3.63, 3.8) is 0 Å². The van der Waals surface area contributed by atoms with E-state index in [9.17, 15) is 0 Å². The molecule has 2 radical (unpaired) electrons. The van der Waals surface area contributed by atoms with E-state index < -0.39 is 28.5 Å². The number of benzene rings is 4. The van der Waals surface area contributed by atoms with E-state index in [0.717, 1.165) is 12.6 Å². The Hall–Kier alpha value is -4.52. The van der Waals surface area contributed by atoms with Crippen LogP contribution in [0.4, 0.5) is 5.69 Å². The maximum absolute atomic E-state index is 8.87. The van der Waals surface area contributed by atoms with Crippen molar-refractivity contribution in [1.82, 2.24) is 4.57 Å². The van der Waals surface area contributed by atoms with Crippen LogP contribution in [0, 0.1) is 6.92 Å². The number of hydrogen-bond donors (Lipinski definition) is 5. The van der Waals surface area contributed by atoms with Crippen molar-refractivity contribution in [3.8, 4) is 34.1 Å². The van der Waals surface area contributed by atoms with E-state index in [1.165, 1.54) is 44.2 Å². The summed E-state index contributed by atoms with van der Waals surface area (Å²) in [6, 6.07) is 22.8. The van der Waals surface area contributed by atoms with Gasteiger partial charge in [0.05, 0.1) is 0 Å². The minimum Gasteiger partial charge on any atom is -0.505 e. The van der Waals surface area contributed by atoms with Crippen molar-refractivity contribution in [2.24, 2.45) is 7.05 Å². The monoisotopic (exact) mass is 492 g/mol. The molecule has 7 heteroatoms. The number of aryl methyl sites for hydroxylation is 2. The van der Waals surface area contributed by atoms with E-state index in [1.54, 1.807) is 0 Å². The predicted molar refractivity (Wildman–Crippen MR) is 152 cm³/mol. The third kappa shape index (κ3) is 5.07. The van der Waals surface area contributed by atoms with Gasteiger partial charge in [-0.3, -0.25) is 0 Å². The number of para-hydroxylation sites is 1. The lowest BCUT2D eigenvalue weighted by Crippen LogP contribution is -2.03. The number of fused-ring (bicyclic) bond motifs is 3. The molecule has 6 nitrogen and oxygen atoms in total. The van der Waals surface area contributed by atoms with Gasteiger partial charge in [-0.1, -0.05) is 42.5 Å². The minimum absolute atomic E-state index is 0.442. The molecule has 0 aliphatic rings. The van der Waals surface area contributed by atoms with Crippen LogP contribution in [0.15, 0.2) is 78.9 Å². The zero-order valence-corrected chi connectivity index (χ0v) is 21.0. The summed E-state index contributed by atoms with van der Waals surface area (Å²) in [4.78, 5) is 0. The highest BCUT2D eigenvalue weighted by Crippen LogP contribution is 2.34. The van der Waals surface area contributed by atoms with Crippen LogP contribution < -0.4 is 10.8 Å². The third-order valence-electron chi connectivity index (χ3n) is 6.39. The summed E-state index contributed by atoms with van der Waals surface area (Å²) < 4.78 is 2.27. The highest BCUT2D eigenvalue weighted by atomic mass is 16.3. The molecule has 0 spiro atoms. The van der Waals surface area contributed by atoms with Gasteiger partial charge in [0.15, 0.2) is 23.0 Å². The molecule has 37 heavy (non-hydrogen) atoms. The Bertz CT molecular complexity index is 1600. The van der Waals surface area contributed by atoms with Gasteiger partial charge in [-0.25, -0.2) is 0 Å². The molecule has 0 bridgehead atoms. The molecule has 0 saturated carbocycles. The Morgan fingerprint density at radius 2 is 1.43 bits per heavy atom. The van der Waals surface area contributed by atoms with Crippen molar-refractivity contribution < 1.29 is 20.4 Å². The van der Waals surface area contributed by atoms with Crippen LogP contribution in [0.25, 0.3) is 32.9 Å². The molecule has 1 heterocycles. The topological polar surface area (TPSA) is 97.9 Å². The number of allylic oxidation sites excluding steroid dienone is 1. The predicted octanol–water partition coefficient (Wildman–Crippen LogP) is 5.60. The summed E-state index contributed by atoms with van der Waals surface area (Å²) >= 11 is 0. The molecule has 4 aromatic carbocycles. The molecule has 0 unspecified atom stereocenters. The summed E-state index contributed by atoms with van der Waals surface area (Å²) in [6.07, 6.45) is 4.19. The summed E-state index contributed by atoms with van der Waals surface area (Å²) in [5.74, 6) is -2.42. The maximum Gasteiger partial charge on any atom is 0.160 e. The lowest BCUT2D eigenvalue weighted by molar-refractivity contribution is 0.378. The van der Waals surface area contributed by atoms with Crippen molar-refractivity contribution in [2.75, 3.05) is 11.9 Å². The Labute approximate surface area is 217 Å². The zero-order valence-electron chi connectivity index (χ0n) is 21.0. The van der Waals surface area contributed by atoms with Crippen LogP contribution in [-0.4, -0.2) is 39.4 Å². The van der Waals surface area contributed by atoms with E-state index in [-0.39, 0.29) is 0 Å². The molecular formula is C30H29BN2O4. The second kappa shape index (κ2) is 10.6. The normalized spacial score (nSPS) is 11.1. The summed E-state index contributed by atoms with van der Waals surface area (Å²) in [5.41, 5.74) is 7.09. The second-order valence-electron chi connectivity index (χ2n) is 8.81. The first-order valence-electron chi connectivity index (χ1n) is 11.9. The van der Waals surface area contributed by atoms with Gasteiger partial charge in [-0.15, -0.1) is 0 Å². The van der Waals surface area contributed by atoms with Crippen LogP contribution in [0.5, 0.6) is 23.0 Å². The van der Waals surface area contributed by atoms with E-state index >= 15 is 0 Å². The molecular weight excluding hydrogens is 463 g/mol. The number of nitrogens with zero attached hydrogens (tertiary/aromatic N) is 1. The first-order chi connectivity index (χ1) is 17.7. The lowest BCUT2D eigenvalue weighted by Gasteiger charge is -2.10.